The molecule has 1 aliphatic carbocycles. The lowest BCUT2D eigenvalue weighted by atomic mass is 10.1. The number of aliphatic carboxylic acids is 1. The minimum absolute atomic E-state index is 0.00649. The van der Waals surface area contributed by atoms with E-state index < -0.39 is 47.3 Å². The van der Waals surface area contributed by atoms with Crippen LogP contribution in [0, 0.1) is 5.92 Å². The van der Waals surface area contributed by atoms with Crippen molar-refractivity contribution in [3.05, 3.63) is 66.7 Å². The van der Waals surface area contributed by atoms with Gasteiger partial charge in [-0.05, 0) is 58.6 Å². The number of urea groups is 1. The number of carboxylic acid groups (broad SMARTS) is 1. The number of pyridine rings is 1. The van der Waals surface area contributed by atoms with Crippen LogP contribution in [0.4, 0.5) is 9.59 Å². The van der Waals surface area contributed by atoms with Crippen molar-refractivity contribution in [2.24, 2.45) is 5.92 Å². The largest absolute Gasteiger partial charge is 0.497 e. The van der Waals surface area contributed by atoms with Crippen LogP contribution in [0.1, 0.15) is 59.3 Å². The summed E-state index contributed by atoms with van der Waals surface area (Å²) < 4.78 is 17.6. The molecule has 3 N–H and O–H groups in total. The molecule has 270 valence electrons. The number of rotatable bonds is 6. The molecule has 1 unspecified atom stereocenters. The first-order valence-corrected chi connectivity index (χ1v) is 17.4. The van der Waals surface area contributed by atoms with E-state index >= 15 is 0 Å². The molecule has 3 aliphatic rings. The van der Waals surface area contributed by atoms with Gasteiger partial charge in [-0.25, -0.2) is 29.8 Å². The summed E-state index contributed by atoms with van der Waals surface area (Å²) in [6, 6.07) is 15.2. The Hall–Kier alpha value is -5.33. The van der Waals surface area contributed by atoms with Gasteiger partial charge in [0.2, 0.25) is 5.91 Å². The van der Waals surface area contributed by atoms with Gasteiger partial charge in [-0.15, -0.1) is 0 Å². The molecule has 4 amide bonds. The van der Waals surface area contributed by atoms with Crippen molar-refractivity contribution in [3.63, 3.8) is 0 Å². The third-order valence-corrected chi connectivity index (χ3v) is 9.37. The molecule has 1 aromatic heterocycles. The Bertz CT molecular complexity index is 1830. The molecule has 6 rings (SSSR count). The number of methoxy groups -OCH3 is 1. The first kappa shape index (κ1) is 35.5. The standard InChI is InChI=1S/C38H45N5O8/c1-37(2,3)51-35(47)41-43-18-12-7-5-6-11-15-25-22-38(25,34(45)46)40-33(44)31-20-27(23-42(31)36(43)48)50-32-21-29(24-13-9-8-10-14-24)39-30-19-26(49-4)16-17-28(30)32/h8-11,13-17,19,21,25,27,31H,5-7,12,18,20,22-23H2,1-4H3,(H,40,44)(H,41,47)(H,45,46)/b15-11-/t25?,27-,31+,38-/m1/s1. The van der Waals surface area contributed by atoms with Gasteiger partial charge < -0.3 is 29.5 Å². The number of nitrogens with zero attached hydrogens (tertiary/aromatic N) is 3. The second kappa shape index (κ2) is 14.5. The quantitative estimate of drug-likeness (QED) is 0.275. The van der Waals surface area contributed by atoms with E-state index in [4.69, 9.17) is 19.2 Å². The number of nitrogens with one attached hydrogen (secondary N) is 2. The van der Waals surface area contributed by atoms with Crippen LogP contribution in [0.25, 0.3) is 22.2 Å². The number of aromatic nitrogens is 1. The molecule has 2 fully saturated rings. The van der Waals surface area contributed by atoms with Gasteiger partial charge >= 0.3 is 18.1 Å². The maximum absolute atomic E-state index is 14.3. The van der Waals surface area contributed by atoms with Crippen molar-refractivity contribution in [1.82, 2.24) is 25.6 Å². The van der Waals surface area contributed by atoms with E-state index in [1.807, 2.05) is 60.7 Å². The van der Waals surface area contributed by atoms with E-state index in [2.05, 4.69) is 10.7 Å². The van der Waals surface area contributed by atoms with Crippen LogP contribution in [-0.4, -0.2) is 87.5 Å². The Morgan fingerprint density at radius 1 is 1.06 bits per heavy atom. The highest BCUT2D eigenvalue weighted by atomic mass is 16.6. The fraction of sp³-hybridized carbons (Fsp3) is 0.447. The molecule has 2 aromatic carbocycles. The van der Waals surface area contributed by atoms with E-state index in [1.54, 1.807) is 33.9 Å². The summed E-state index contributed by atoms with van der Waals surface area (Å²) in [5.74, 6) is -0.963. The number of carboxylic acids is 1. The number of amides is 4. The summed E-state index contributed by atoms with van der Waals surface area (Å²) in [5.41, 5.74) is 2.50. The SMILES string of the molecule is COc1ccc2c(O[C@@H]3C[C@H]4C(=O)N[C@]5(C(=O)O)CC5/C=C\CCCCCN(NC(=O)OC(C)(C)C)C(=O)N4C3)cc(-c3ccccc3)nc2c1. The van der Waals surface area contributed by atoms with Crippen LogP contribution in [0.15, 0.2) is 66.7 Å². The van der Waals surface area contributed by atoms with Crippen molar-refractivity contribution in [3.8, 4) is 22.8 Å². The van der Waals surface area contributed by atoms with Crippen LogP contribution in [-0.2, 0) is 14.3 Å². The Labute approximate surface area is 296 Å². The summed E-state index contributed by atoms with van der Waals surface area (Å²) in [6.07, 6.45) is 5.55. The van der Waals surface area contributed by atoms with Crippen LogP contribution >= 0.6 is 0 Å². The van der Waals surface area contributed by atoms with Gasteiger partial charge in [-0.2, -0.15) is 0 Å². The van der Waals surface area contributed by atoms with Crippen molar-refractivity contribution < 1.29 is 38.5 Å². The molecule has 13 nitrogen and oxygen atoms in total. The summed E-state index contributed by atoms with van der Waals surface area (Å²) in [5, 5.41) is 14.9. The minimum atomic E-state index is -1.46. The Kier molecular flexibility index (Phi) is 10.1. The van der Waals surface area contributed by atoms with E-state index in [-0.39, 0.29) is 31.8 Å². The third-order valence-electron chi connectivity index (χ3n) is 9.37. The monoisotopic (exact) mass is 699 g/mol. The Morgan fingerprint density at radius 2 is 1.84 bits per heavy atom. The Balaban J connectivity index is 1.34. The number of carbonyl (C=O) groups excluding carboxylic acids is 3. The summed E-state index contributed by atoms with van der Waals surface area (Å²) in [7, 11) is 1.58. The van der Waals surface area contributed by atoms with Gasteiger partial charge in [-0.1, -0.05) is 48.9 Å². The zero-order valence-electron chi connectivity index (χ0n) is 29.4. The predicted octanol–water partition coefficient (Wildman–Crippen LogP) is 5.68. The van der Waals surface area contributed by atoms with E-state index in [0.29, 0.717) is 34.5 Å². The first-order valence-electron chi connectivity index (χ1n) is 17.4. The molecule has 51 heavy (non-hydrogen) atoms. The maximum Gasteiger partial charge on any atom is 0.426 e. The first-order chi connectivity index (χ1) is 24.4. The zero-order valence-corrected chi connectivity index (χ0v) is 29.4. The average Bonchev–Trinajstić information content (AvgIpc) is 3.63. The molecule has 0 spiro atoms. The number of ether oxygens (including phenoxy) is 3. The minimum Gasteiger partial charge on any atom is -0.497 e. The van der Waals surface area contributed by atoms with Gasteiger partial charge in [0.15, 0.2) is 0 Å². The van der Waals surface area contributed by atoms with Crippen LogP contribution in [0.2, 0.25) is 0 Å². The number of hydrogen-bond acceptors (Lipinski definition) is 8. The predicted molar refractivity (Wildman–Crippen MR) is 189 cm³/mol. The number of carbonyl (C=O) groups is 4. The normalized spacial score (nSPS) is 24.7. The topological polar surface area (TPSA) is 160 Å². The van der Waals surface area contributed by atoms with Gasteiger partial charge in [0.05, 0.1) is 24.9 Å². The third kappa shape index (κ3) is 8.03. The summed E-state index contributed by atoms with van der Waals surface area (Å²) in [6.45, 7) is 5.34. The summed E-state index contributed by atoms with van der Waals surface area (Å²) in [4.78, 5) is 60.0. The molecule has 2 aliphatic heterocycles. The molecule has 0 bridgehead atoms. The molecule has 4 atom stereocenters. The molecule has 3 aromatic rings. The highest BCUT2D eigenvalue weighted by Gasteiger charge is 2.61. The van der Waals surface area contributed by atoms with Crippen molar-refractivity contribution in [2.75, 3.05) is 20.2 Å². The second-order valence-corrected chi connectivity index (χ2v) is 14.3. The molecular formula is C38H45N5O8. The molecular weight excluding hydrogens is 654 g/mol. The van der Waals surface area contributed by atoms with Gasteiger partial charge in [-0.3, -0.25) is 4.79 Å². The number of benzene rings is 2. The zero-order chi connectivity index (χ0) is 36.3. The van der Waals surface area contributed by atoms with Crippen LogP contribution in [0.3, 0.4) is 0 Å². The van der Waals surface area contributed by atoms with Gasteiger partial charge in [0.1, 0.15) is 34.8 Å². The van der Waals surface area contributed by atoms with E-state index in [0.717, 1.165) is 24.8 Å². The highest BCUT2D eigenvalue weighted by molar-refractivity contribution is 5.95. The molecule has 13 heteroatoms. The molecule has 1 saturated heterocycles. The molecule has 1 saturated carbocycles. The fourth-order valence-corrected chi connectivity index (χ4v) is 6.68. The molecule has 3 heterocycles. The number of fused-ring (bicyclic) bond motifs is 3. The average molecular weight is 700 g/mol. The lowest BCUT2D eigenvalue weighted by molar-refractivity contribution is -0.144. The van der Waals surface area contributed by atoms with Crippen molar-refractivity contribution in [2.45, 2.75) is 82.6 Å². The number of allylic oxidation sites excluding steroid dienone is 1. The number of hydrazine groups is 1. The summed E-state index contributed by atoms with van der Waals surface area (Å²) >= 11 is 0. The molecule has 0 radical (unpaired) electrons. The smallest absolute Gasteiger partial charge is 0.426 e. The second-order valence-electron chi connectivity index (χ2n) is 14.3. The lowest BCUT2D eigenvalue weighted by Gasteiger charge is -2.32. The van der Waals surface area contributed by atoms with E-state index in [1.165, 1.54) is 9.91 Å². The van der Waals surface area contributed by atoms with Gasteiger partial charge in [0.25, 0.3) is 0 Å². The van der Waals surface area contributed by atoms with E-state index in [9.17, 15) is 24.3 Å². The van der Waals surface area contributed by atoms with Gasteiger partial charge in [0, 0.05) is 42.0 Å². The number of hydrogen-bond donors (Lipinski definition) is 3. The maximum atomic E-state index is 14.3. The lowest BCUT2D eigenvalue weighted by Crippen LogP contribution is -2.58. The Morgan fingerprint density at radius 3 is 2.57 bits per heavy atom. The van der Waals surface area contributed by atoms with Crippen LogP contribution in [0.5, 0.6) is 11.5 Å². The highest BCUT2D eigenvalue weighted by Crippen LogP contribution is 2.45. The fourth-order valence-electron chi connectivity index (χ4n) is 6.68. The van der Waals surface area contributed by atoms with Crippen molar-refractivity contribution in [1.29, 1.82) is 0 Å². The van der Waals surface area contributed by atoms with Crippen molar-refractivity contribution >= 4 is 34.9 Å². The van der Waals surface area contributed by atoms with Crippen LogP contribution < -0.4 is 20.2 Å².